The average Bonchev–Trinajstić information content (AvgIpc) is 2.99. The van der Waals surface area contributed by atoms with Crippen LogP contribution >= 0.6 is 0 Å². The summed E-state index contributed by atoms with van der Waals surface area (Å²) in [5.41, 5.74) is 2.43. The van der Waals surface area contributed by atoms with Crippen LogP contribution in [-0.2, 0) is 11.3 Å². The molecule has 0 unspecified atom stereocenters. The zero-order valence-electron chi connectivity index (χ0n) is 8.91. The lowest BCUT2D eigenvalue weighted by molar-refractivity contribution is 0.180. The lowest BCUT2D eigenvalue weighted by Gasteiger charge is -2.08. The number of fused-ring (bicyclic) bond motifs is 2. The number of ether oxygens (including phenoxy) is 1. The molecule has 0 saturated carbocycles. The first-order chi connectivity index (χ1) is 7.93. The van der Waals surface area contributed by atoms with Gasteiger partial charge in [0.25, 0.3) is 0 Å². The van der Waals surface area contributed by atoms with E-state index in [0.29, 0.717) is 0 Å². The van der Waals surface area contributed by atoms with Gasteiger partial charge in [-0.15, -0.1) is 0 Å². The molecular formula is C12H13N3O. The van der Waals surface area contributed by atoms with Gasteiger partial charge in [-0.05, 0) is 12.2 Å². The van der Waals surface area contributed by atoms with E-state index in [-0.39, 0.29) is 0 Å². The van der Waals surface area contributed by atoms with E-state index in [0.717, 1.165) is 19.8 Å². The van der Waals surface area contributed by atoms with Gasteiger partial charge in [0.15, 0.2) is 6.73 Å². The summed E-state index contributed by atoms with van der Waals surface area (Å²) in [6.45, 7) is 2.75. The molecule has 3 aliphatic heterocycles. The molecule has 0 saturated heterocycles. The van der Waals surface area contributed by atoms with Crippen LogP contribution in [0, 0.1) is 0 Å². The molecule has 4 heteroatoms. The lowest BCUT2D eigenvalue weighted by Crippen LogP contribution is -2.14. The van der Waals surface area contributed by atoms with Gasteiger partial charge in [0.2, 0.25) is 0 Å². The number of hydrogen-bond donors (Lipinski definition) is 0. The van der Waals surface area contributed by atoms with E-state index < -0.39 is 0 Å². The molecule has 16 heavy (non-hydrogen) atoms. The quantitative estimate of drug-likeness (QED) is 0.658. The second-order valence-corrected chi connectivity index (χ2v) is 3.84. The zero-order valence-corrected chi connectivity index (χ0v) is 8.91. The maximum atomic E-state index is 5.02. The van der Waals surface area contributed by atoms with Crippen LogP contribution in [0.4, 0.5) is 0 Å². The van der Waals surface area contributed by atoms with Crippen molar-refractivity contribution in [1.82, 2.24) is 14.5 Å². The van der Waals surface area contributed by atoms with Gasteiger partial charge in [-0.3, -0.25) is 0 Å². The fourth-order valence-corrected chi connectivity index (χ4v) is 1.87. The summed E-state index contributed by atoms with van der Waals surface area (Å²) >= 11 is 0. The van der Waals surface area contributed by atoms with E-state index in [9.17, 15) is 0 Å². The van der Waals surface area contributed by atoms with Crippen LogP contribution in [0.2, 0.25) is 0 Å². The molecule has 82 valence electrons. The van der Waals surface area contributed by atoms with Crippen LogP contribution in [0.25, 0.3) is 6.08 Å². The van der Waals surface area contributed by atoms with Gasteiger partial charge in [0, 0.05) is 13.1 Å². The fraction of sp³-hybridized carbons (Fsp3) is 0.250. The SMILES string of the molecule is C1=CC2=COCN2C1.C1=Cc2cncn2C1. The third-order valence-electron chi connectivity index (χ3n) is 2.75. The van der Waals surface area contributed by atoms with Crippen molar-refractivity contribution >= 4 is 6.08 Å². The van der Waals surface area contributed by atoms with Gasteiger partial charge < -0.3 is 14.2 Å². The molecule has 1 aromatic heterocycles. The van der Waals surface area contributed by atoms with Crippen LogP contribution in [0.5, 0.6) is 0 Å². The van der Waals surface area contributed by atoms with Crippen molar-refractivity contribution in [1.29, 1.82) is 0 Å². The Morgan fingerprint density at radius 1 is 1.19 bits per heavy atom. The van der Waals surface area contributed by atoms with Crippen LogP contribution in [0.1, 0.15) is 5.69 Å². The number of allylic oxidation sites excluding steroid dienone is 2. The number of nitrogens with zero attached hydrogens (tertiary/aromatic N) is 3. The molecule has 0 atom stereocenters. The van der Waals surface area contributed by atoms with Crippen molar-refractivity contribution in [2.24, 2.45) is 0 Å². The van der Waals surface area contributed by atoms with Gasteiger partial charge in [-0.1, -0.05) is 12.2 Å². The Kier molecular flexibility index (Phi) is 2.25. The van der Waals surface area contributed by atoms with Crippen molar-refractivity contribution in [3.8, 4) is 0 Å². The van der Waals surface area contributed by atoms with Crippen molar-refractivity contribution in [2.75, 3.05) is 13.3 Å². The summed E-state index contributed by atoms with van der Waals surface area (Å²) in [4.78, 5) is 6.12. The van der Waals surface area contributed by atoms with Crippen molar-refractivity contribution in [2.45, 2.75) is 6.54 Å². The van der Waals surface area contributed by atoms with Gasteiger partial charge in [0.1, 0.15) is 6.26 Å². The fourth-order valence-electron chi connectivity index (χ4n) is 1.87. The Labute approximate surface area is 94.1 Å². The number of imidazole rings is 1. The molecule has 4 rings (SSSR count). The zero-order chi connectivity index (χ0) is 10.8. The maximum Gasteiger partial charge on any atom is 0.161 e. The second kappa shape index (κ2) is 3.89. The number of hydrogen-bond acceptors (Lipinski definition) is 3. The third kappa shape index (κ3) is 1.62. The average molecular weight is 215 g/mol. The highest BCUT2D eigenvalue weighted by Gasteiger charge is 2.15. The molecule has 0 aliphatic carbocycles. The van der Waals surface area contributed by atoms with Crippen LogP contribution in [-0.4, -0.2) is 27.7 Å². The molecular weight excluding hydrogens is 202 g/mol. The van der Waals surface area contributed by atoms with E-state index in [4.69, 9.17) is 4.74 Å². The lowest BCUT2D eigenvalue weighted by atomic mass is 10.5. The molecule has 0 aromatic carbocycles. The Morgan fingerprint density at radius 2 is 2.12 bits per heavy atom. The minimum absolute atomic E-state index is 0.738. The van der Waals surface area contributed by atoms with Crippen molar-refractivity contribution in [3.05, 3.63) is 48.4 Å². The smallest absolute Gasteiger partial charge is 0.161 e. The molecule has 0 bridgehead atoms. The topological polar surface area (TPSA) is 30.3 Å². The summed E-state index contributed by atoms with van der Waals surface area (Å²) in [5, 5.41) is 0. The molecule has 4 nitrogen and oxygen atoms in total. The Morgan fingerprint density at radius 3 is 3.00 bits per heavy atom. The van der Waals surface area contributed by atoms with E-state index in [1.165, 1.54) is 11.4 Å². The van der Waals surface area contributed by atoms with E-state index in [1.807, 2.05) is 12.5 Å². The predicted molar refractivity (Wildman–Crippen MR) is 61.1 cm³/mol. The summed E-state index contributed by atoms with van der Waals surface area (Å²) in [6, 6.07) is 0. The first-order valence-electron chi connectivity index (χ1n) is 5.33. The standard InChI is InChI=1S/C6H6N2.C6H7NO/c1-2-6-4-7-5-8(6)3-1;1-2-6-4-8-5-7(6)3-1/h1-2,4-5H,3H2;1-2,4H,3,5H2. The molecule has 1 aromatic rings. The summed E-state index contributed by atoms with van der Waals surface area (Å²) in [5.74, 6) is 0. The van der Waals surface area contributed by atoms with Crippen molar-refractivity contribution < 1.29 is 4.74 Å². The summed E-state index contributed by atoms with van der Waals surface area (Å²) in [7, 11) is 0. The molecule has 0 amide bonds. The highest BCUT2D eigenvalue weighted by atomic mass is 16.5. The van der Waals surface area contributed by atoms with E-state index >= 15 is 0 Å². The molecule has 0 radical (unpaired) electrons. The number of aromatic nitrogens is 2. The van der Waals surface area contributed by atoms with Crippen LogP contribution in [0.3, 0.4) is 0 Å². The Balaban J connectivity index is 0.000000101. The predicted octanol–water partition coefficient (Wildman–Crippen LogP) is 1.60. The Hall–Kier alpha value is -1.97. The maximum absolute atomic E-state index is 5.02. The number of rotatable bonds is 0. The molecule has 0 N–H and O–H groups in total. The highest BCUT2D eigenvalue weighted by Crippen LogP contribution is 2.17. The first-order valence-corrected chi connectivity index (χ1v) is 5.33. The summed E-state index contributed by atoms with van der Waals surface area (Å²) in [6.07, 6.45) is 13.9. The molecule has 0 spiro atoms. The highest BCUT2D eigenvalue weighted by molar-refractivity contribution is 5.47. The van der Waals surface area contributed by atoms with Crippen LogP contribution in [0.15, 0.2) is 42.7 Å². The third-order valence-corrected chi connectivity index (χ3v) is 2.75. The molecule has 3 aliphatic rings. The normalized spacial score (nSPS) is 18.8. The van der Waals surface area contributed by atoms with E-state index in [1.54, 1.807) is 6.26 Å². The minimum Gasteiger partial charge on any atom is -0.479 e. The minimum atomic E-state index is 0.738. The van der Waals surface area contributed by atoms with Crippen molar-refractivity contribution in [3.63, 3.8) is 0 Å². The van der Waals surface area contributed by atoms with E-state index in [2.05, 4.69) is 38.8 Å². The first kappa shape index (κ1) is 9.27. The Bertz CT molecular complexity index is 470. The monoisotopic (exact) mass is 215 g/mol. The second-order valence-electron chi connectivity index (χ2n) is 3.84. The largest absolute Gasteiger partial charge is 0.479 e. The van der Waals surface area contributed by atoms with Gasteiger partial charge >= 0.3 is 0 Å². The molecule has 0 fully saturated rings. The molecule has 4 heterocycles. The summed E-state index contributed by atoms with van der Waals surface area (Å²) < 4.78 is 7.12. The van der Waals surface area contributed by atoms with Gasteiger partial charge in [-0.2, -0.15) is 0 Å². The van der Waals surface area contributed by atoms with Gasteiger partial charge in [0.05, 0.1) is 23.9 Å². The van der Waals surface area contributed by atoms with Crippen LogP contribution < -0.4 is 0 Å². The van der Waals surface area contributed by atoms with Gasteiger partial charge in [-0.25, -0.2) is 4.98 Å².